The van der Waals surface area contributed by atoms with Crippen LogP contribution in [0.2, 0.25) is 0 Å². The molecular formula is C21H21BrN2O4S. The van der Waals surface area contributed by atoms with Gasteiger partial charge in [0.25, 0.3) is 5.91 Å². The first-order valence-corrected chi connectivity index (χ1v) is 11.6. The van der Waals surface area contributed by atoms with Crippen LogP contribution in [-0.2, 0) is 10.0 Å². The highest BCUT2D eigenvalue weighted by atomic mass is 79.9. The SMILES string of the molecule is Cc1ccc(S(=O)(=O)N2CCN(C(=O)c3cc4cccc(Br)c4o3)CC2)cc1C. The van der Waals surface area contributed by atoms with Crippen LogP contribution in [0.5, 0.6) is 0 Å². The molecule has 2 aromatic carbocycles. The van der Waals surface area contributed by atoms with E-state index in [4.69, 9.17) is 4.42 Å². The summed E-state index contributed by atoms with van der Waals surface area (Å²) in [5.41, 5.74) is 2.62. The molecule has 29 heavy (non-hydrogen) atoms. The van der Waals surface area contributed by atoms with E-state index in [2.05, 4.69) is 15.9 Å². The molecule has 8 heteroatoms. The Morgan fingerprint density at radius 2 is 1.72 bits per heavy atom. The molecule has 4 rings (SSSR count). The number of rotatable bonds is 3. The van der Waals surface area contributed by atoms with Gasteiger partial charge in [0, 0.05) is 31.6 Å². The monoisotopic (exact) mass is 476 g/mol. The minimum atomic E-state index is -3.58. The van der Waals surface area contributed by atoms with Crippen molar-refractivity contribution in [2.45, 2.75) is 18.7 Å². The molecule has 0 spiro atoms. The van der Waals surface area contributed by atoms with Gasteiger partial charge in [0.05, 0.1) is 9.37 Å². The van der Waals surface area contributed by atoms with Gasteiger partial charge in [-0.1, -0.05) is 18.2 Å². The molecule has 3 aromatic rings. The van der Waals surface area contributed by atoms with Crippen LogP contribution in [0, 0.1) is 13.8 Å². The van der Waals surface area contributed by atoms with Crippen LogP contribution in [-0.4, -0.2) is 49.7 Å². The molecule has 152 valence electrons. The van der Waals surface area contributed by atoms with Crippen LogP contribution < -0.4 is 0 Å². The maximum absolute atomic E-state index is 13.0. The van der Waals surface area contributed by atoms with Gasteiger partial charge in [-0.15, -0.1) is 0 Å². The Labute approximate surface area is 178 Å². The number of nitrogens with zero attached hydrogens (tertiary/aromatic N) is 2. The maximum atomic E-state index is 13.0. The number of fused-ring (bicyclic) bond motifs is 1. The first kappa shape index (κ1) is 20.1. The Hall–Kier alpha value is -2.16. The number of carbonyl (C=O) groups is 1. The summed E-state index contributed by atoms with van der Waals surface area (Å²) >= 11 is 3.42. The number of benzene rings is 2. The summed E-state index contributed by atoms with van der Waals surface area (Å²) < 4.78 is 33.9. The number of sulfonamides is 1. The number of para-hydroxylation sites is 1. The Morgan fingerprint density at radius 1 is 1.00 bits per heavy atom. The summed E-state index contributed by atoms with van der Waals surface area (Å²) in [6.07, 6.45) is 0. The summed E-state index contributed by atoms with van der Waals surface area (Å²) in [6, 6.07) is 12.5. The van der Waals surface area contributed by atoms with Crippen LogP contribution >= 0.6 is 15.9 Å². The number of hydrogen-bond donors (Lipinski definition) is 0. The quantitative estimate of drug-likeness (QED) is 0.573. The van der Waals surface area contributed by atoms with Gasteiger partial charge in [-0.2, -0.15) is 4.31 Å². The third-order valence-electron chi connectivity index (χ3n) is 5.35. The summed E-state index contributed by atoms with van der Waals surface area (Å²) in [4.78, 5) is 14.8. The van der Waals surface area contributed by atoms with Gasteiger partial charge in [-0.05, 0) is 65.2 Å². The highest BCUT2D eigenvalue weighted by molar-refractivity contribution is 9.10. The van der Waals surface area contributed by atoms with E-state index in [1.807, 2.05) is 38.1 Å². The molecule has 0 aliphatic carbocycles. The van der Waals surface area contributed by atoms with Crippen LogP contribution in [0.25, 0.3) is 11.0 Å². The number of halogens is 1. The van der Waals surface area contributed by atoms with Gasteiger partial charge in [0.1, 0.15) is 5.58 Å². The second kappa shape index (κ2) is 7.59. The highest BCUT2D eigenvalue weighted by Gasteiger charge is 2.31. The second-order valence-electron chi connectivity index (χ2n) is 7.21. The lowest BCUT2D eigenvalue weighted by Crippen LogP contribution is -2.50. The first-order valence-electron chi connectivity index (χ1n) is 9.32. The fraction of sp³-hybridized carbons (Fsp3) is 0.286. The number of aryl methyl sites for hydroxylation is 2. The summed E-state index contributed by atoms with van der Waals surface area (Å²) in [6.45, 7) is 5.00. The van der Waals surface area contributed by atoms with Crippen molar-refractivity contribution < 1.29 is 17.6 Å². The fourth-order valence-electron chi connectivity index (χ4n) is 3.44. The summed E-state index contributed by atoms with van der Waals surface area (Å²) in [5, 5.41) is 0.846. The van der Waals surface area contributed by atoms with Crippen molar-refractivity contribution in [1.82, 2.24) is 9.21 Å². The van der Waals surface area contributed by atoms with Gasteiger partial charge in [-0.3, -0.25) is 4.79 Å². The second-order valence-corrected chi connectivity index (χ2v) is 10.0. The van der Waals surface area contributed by atoms with E-state index in [9.17, 15) is 13.2 Å². The molecule has 0 atom stereocenters. The lowest BCUT2D eigenvalue weighted by atomic mass is 10.1. The van der Waals surface area contributed by atoms with Crippen LogP contribution in [0.1, 0.15) is 21.7 Å². The molecular weight excluding hydrogens is 456 g/mol. The van der Waals surface area contributed by atoms with E-state index < -0.39 is 10.0 Å². The van der Waals surface area contributed by atoms with E-state index >= 15 is 0 Å². The van der Waals surface area contributed by atoms with E-state index in [1.165, 1.54) is 4.31 Å². The van der Waals surface area contributed by atoms with E-state index in [-0.39, 0.29) is 24.8 Å². The average molecular weight is 477 g/mol. The van der Waals surface area contributed by atoms with Crippen LogP contribution in [0.15, 0.2) is 56.2 Å². The first-order chi connectivity index (χ1) is 13.8. The summed E-state index contributed by atoms with van der Waals surface area (Å²) in [5.74, 6) is 0.0358. The van der Waals surface area contributed by atoms with E-state index in [0.717, 1.165) is 21.0 Å². The molecule has 1 fully saturated rings. The van der Waals surface area contributed by atoms with Crippen molar-refractivity contribution in [3.63, 3.8) is 0 Å². The zero-order valence-electron chi connectivity index (χ0n) is 16.2. The maximum Gasteiger partial charge on any atom is 0.289 e. The third kappa shape index (κ3) is 3.72. The molecule has 0 saturated carbocycles. The Kier molecular flexibility index (Phi) is 5.27. The molecule has 0 N–H and O–H groups in total. The van der Waals surface area contributed by atoms with Crippen molar-refractivity contribution in [3.8, 4) is 0 Å². The standard InChI is InChI=1S/C21H21BrN2O4S/c1-14-6-7-17(12-15(14)2)29(26,27)24-10-8-23(9-11-24)21(25)19-13-16-4-3-5-18(22)20(16)28-19/h3-7,12-13H,8-11H2,1-2H3. The lowest BCUT2D eigenvalue weighted by molar-refractivity contribution is 0.0668. The predicted octanol–water partition coefficient (Wildman–Crippen LogP) is 3.96. The van der Waals surface area contributed by atoms with Crippen molar-refractivity contribution in [1.29, 1.82) is 0 Å². The van der Waals surface area contributed by atoms with Crippen molar-refractivity contribution in [2.24, 2.45) is 0 Å². The number of hydrogen-bond acceptors (Lipinski definition) is 4. The fourth-order valence-corrected chi connectivity index (χ4v) is 5.41. The minimum Gasteiger partial charge on any atom is -0.450 e. The van der Waals surface area contributed by atoms with E-state index in [1.54, 1.807) is 23.1 Å². The minimum absolute atomic E-state index is 0.226. The molecule has 1 aliphatic heterocycles. The zero-order valence-corrected chi connectivity index (χ0v) is 18.6. The van der Waals surface area contributed by atoms with Gasteiger partial charge in [0.2, 0.25) is 10.0 Å². The van der Waals surface area contributed by atoms with Gasteiger partial charge in [0.15, 0.2) is 5.76 Å². The van der Waals surface area contributed by atoms with E-state index in [0.29, 0.717) is 23.6 Å². The largest absolute Gasteiger partial charge is 0.450 e. The van der Waals surface area contributed by atoms with Crippen LogP contribution in [0.4, 0.5) is 0 Å². The molecule has 0 unspecified atom stereocenters. The van der Waals surface area contributed by atoms with Crippen molar-refractivity contribution in [2.75, 3.05) is 26.2 Å². The molecule has 2 heterocycles. The predicted molar refractivity (Wildman–Crippen MR) is 114 cm³/mol. The number of amides is 1. The molecule has 1 saturated heterocycles. The van der Waals surface area contributed by atoms with Gasteiger partial charge >= 0.3 is 0 Å². The molecule has 1 aromatic heterocycles. The van der Waals surface area contributed by atoms with Crippen molar-refractivity contribution >= 4 is 42.8 Å². The number of carbonyl (C=O) groups excluding carboxylic acids is 1. The number of piperazine rings is 1. The topological polar surface area (TPSA) is 70.8 Å². The highest BCUT2D eigenvalue weighted by Crippen LogP contribution is 2.28. The summed E-state index contributed by atoms with van der Waals surface area (Å²) in [7, 11) is -3.58. The van der Waals surface area contributed by atoms with Crippen molar-refractivity contribution in [3.05, 3.63) is 63.8 Å². The smallest absolute Gasteiger partial charge is 0.289 e. The molecule has 1 amide bonds. The number of furan rings is 1. The van der Waals surface area contributed by atoms with Gasteiger partial charge in [-0.25, -0.2) is 8.42 Å². The Bertz CT molecular complexity index is 1190. The molecule has 6 nitrogen and oxygen atoms in total. The molecule has 0 bridgehead atoms. The Balaban J connectivity index is 1.49. The van der Waals surface area contributed by atoms with Crippen LogP contribution in [0.3, 0.4) is 0 Å². The van der Waals surface area contributed by atoms with Gasteiger partial charge < -0.3 is 9.32 Å². The lowest BCUT2D eigenvalue weighted by Gasteiger charge is -2.33. The Morgan fingerprint density at radius 3 is 2.38 bits per heavy atom. The normalized spacial score (nSPS) is 15.8. The third-order valence-corrected chi connectivity index (χ3v) is 7.87. The zero-order chi connectivity index (χ0) is 20.8. The molecule has 0 radical (unpaired) electrons. The average Bonchev–Trinajstić information content (AvgIpc) is 3.15. The molecule has 1 aliphatic rings.